The SMILES string of the molecule is O=C(CCCCl)NCCC1CCCCC1. The van der Waals surface area contributed by atoms with Gasteiger partial charge < -0.3 is 5.32 Å². The maximum atomic E-state index is 11.3. The molecule has 1 amide bonds. The number of amides is 1. The van der Waals surface area contributed by atoms with Crippen LogP contribution in [0, 0.1) is 5.92 Å². The minimum absolute atomic E-state index is 0.159. The predicted molar refractivity (Wildman–Crippen MR) is 64.2 cm³/mol. The van der Waals surface area contributed by atoms with E-state index in [2.05, 4.69) is 5.32 Å². The zero-order valence-corrected chi connectivity index (χ0v) is 10.2. The first-order valence-electron chi connectivity index (χ1n) is 6.15. The van der Waals surface area contributed by atoms with Gasteiger partial charge in [0.05, 0.1) is 0 Å². The first-order valence-corrected chi connectivity index (χ1v) is 6.69. The third-order valence-corrected chi connectivity index (χ3v) is 3.40. The van der Waals surface area contributed by atoms with Gasteiger partial charge in [-0.3, -0.25) is 4.79 Å². The van der Waals surface area contributed by atoms with Crippen LogP contribution in [0.25, 0.3) is 0 Å². The van der Waals surface area contributed by atoms with E-state index in [-0.39, 0.29) is 5.91 Å². The molecule has 0 spiro atoms. The Kier molecular flexibility index (Phi) is 6.82. The molecule has 1 aliphatic rings. The summed E-state index contributed by atoms with van der Waals surface area (Å²) in [6.45, 7) is 0.853. The Hall–Kier alpha value is -0.240. The van der Waals surface area contributed by atoms with Crippen LogP contribution in [0.2, 0.25) is 0 Å². The molecule has 0 aromatic carbocycles. The molecule has 1 fully saturated rings. The maximum Gasteiger partial charge on any atom is 0.220 e. The van der Waals surface area contributed by atoms with Crippen LogP contribution >= 0.6 is 11.6 Å². The molecule has 0 aliphatic heterocycles. The average Bonchev–Trinajstić information content (AvgIpc) is 2.28. The summed E-state index contributed by atoms with van der Waals surface area (Å²) in [4.78, 5) is 11.3. The van der Waals surface area contributed by atoms with Gasteiger partial charge in [0.25, 0.3) is 0 Å². The first-order chi connectivity index (χ1) is 7.33. The minimum Gasteiger partial charge on any atom is -0.356 e. The van der Waals surface area contributed by atoms with E-state index in [1.807, 2.05) is 0 Å². The van der Waals surface area contributed by atoms with Crippen molar-refractivity contribution in [2.45, 2.75) is 51.4 Å². The normalized spacial score (nSPS) is 17.7. The van der Waals surface area contributed by atoms with Crippen LogP contribution < -0.4 is 5.32 Å². The predicted octanol–water partition coefficient (Wildman–Crippen LogP) is 3.09. The zero-order valence-electron chi connectivity index (χ0n) is 9.43. The van der Waals surface area contributed by atoms with Gasteiger partial charge in [-0.1, -0.05) is 32.1 Å². The highest BCUT2D eigenvalue weighted by molar-refractivity contribution is 6.17. The van der Waals surface area contributed by atoms with E-state index in [1.165, 1.54) is 32.1 Å². The summed E-state index contributed by atoms with van der Waals surface area (Å²) in [6.07, 6.45) is 9.40. The molecule has 1 saturated carbocycles. The van der Waals surface area contributed by atoms with Crippen molar-refractivity contribution >= 4 is 17.5 Å². The highest BCUT2D eigenvalue weighted by Crippen LogP contribution is 2.25. The lowest BCUT2D eigenvalue weighted by Gasteiger charge is -2.21. The molecule has 0 saturated heterocycles. The monoisotopic (exact) mass is 231 g/mol. The van der Waals surface area contributed by atoms with Gasteiger partial charge in [-0.2, -0.15) is 0 Å². The molecule has 0 aromatic rings. The van der Waals surface area contributed by atoms with Crippen LogP contribution in [0.3, 0.4) is 0 Å². The van der Waals surface area contributed by atoms with Crippen LogP contribution in [0.5, 0.6) is 0 Å². The van der Waals surface area contributed by atoms with Crippen molar-refractivity contribution in [1.82, 2.24) is 5.32 Å². The van der Waals surface area contributed by atoms with Crippen molar-refractivity contribution in [3.63, 3.8) is 0 Å². The molecular formula is C12H22ClNO. The number of hydrogen-bond donors (Lipinski definition) is 1. The number of nitrogens with one attached hydrogen (secondary N) is 1. The second-order valence-corrected chi connectivity index (χ2v) is 4.81. The fourth-order valence-corrected chi connectivity index (χ4v) is 2.34. The van der Waals surface area contributed by atoms with Gasteiger partial charge >= 0.3 is 0 Å². The lowest BCUT2D eigenvalue weighted by molar-refractivity contribution is -0.121. The number of hydrogen-bond acceptors (Lipinski definition) is 1. The Bertz CT molecular complexity index is 178. The van der Waals surface area contributed by atoms with Crippen molar-refractivity contribution in [2.24, 2.45) is 5.92 Å². The molecule has 0 aromatic heterocycles. The van der Waals surface area contributed by atoms with Crippen molar-refractivity contribution in [3.05, 3.63) is 0 Å². The van der Waals surface area contributed by atoms with Gasteiger partial charge in [-0.05, 0) is 18.8 Å². The van der Waals surface area contributed by atoms with Crippen LogP contribution in [0.4, 0.5) is 0 Å². The van der Waals surface area contributed by atoms with E-state index in [0.29, 0.717) is 12.3 Å². The number of alkyl halides is 1. The van der Waals surface area contributed by atoms with Crippen LogP contribution in [0.15, 0.2) is 0 Å². The smallest absolute Gasteiger partial charge is 0.220 e. The Morgan fingerprint density at radius 3 is 2.67 bits per heavy atom. The second kappa shape index (κ2) is 7.98. The van der Waals surface area contributed by atoms with E-state index in [0.717, 1.165) is 25.3 Å². The van der Waals surface area contributed by atoms with Crippen LogP contribution in [0.1, 0.15) is 51.4 Å². The summed E-state index contributed by atoms with van der Waals surface area (Å²) in [6, 6.07) is 0. The van der Waals surface area contributed by atoms with Crippen LogP contribution in [-0.2, 0) is 4.79 Å². The van der Waals surface area contributed by atoms with E-state index in [1.54, 1.807) is 0 Å². The summed E-state index contributed by atoms with van der Waals surface area (Å²) in [5.74, 6) is 1.59. The Morgan fingerprint density at radius 1 is 1.27 bits per heavy atom. The number of rotatable bonds is 6. The molecule has 0 bridgehead atoms. The molecule has 1 aliphatic carbocycles. The van der Waals surface area contributed by atoms with E-state index < -0.39 is 0 Å². The molecule has 0 atom stereocenters. The number of carbonyl (C=O) groups excluding carboxylic acids is 1. The first kappa shape index (κ1) is 12.8. The van der Waals surface area contributed by atoms with Crippen molar-refractivity contribution in [2.75, 3.05) is 12.4 Å². The maximum absolute atomic E-state index is 11.3. The van der Waals surface area contributed by atoms with Crippen molar-refractivity contribution in [1.29, 1.82) is 0 Å². The molecule has 1 rings (SSSR count). The lowest BCUT2D eigenvalue weighted by Crippen LogP contribution is -2.26. The van der Waals surface area contributed by atoms with Gasteiger partial charge in [0.15, 0.2) is 0 Å². The molecule has 88 valence electrons. The van der Waals surface area contributed by atoms with E-state index >= 15 is 0 Å². The summed E-state index contributed by atoms with van der Waals surface area (Å²) in [5, 5.41) is 2.97. The van der Waals surface area contributed by atoms with Gasteiger partial charge in [0, 0.05) is 18.8 Å². The Morgan fingerprint density at radius 2 is 2.00 bits per heavy atom. The number of carbonyl (C=O) groups is 1. The van der Waals surface area contributed by atoms with E-state index in [9.17, 15) is 4.79 Å². The third kappa shape index (κ3) is 6.03. The molecule has 2 nitrogen and oxygen atoms in total. The highest BCUT2D eigenvalue weighted by Gasteiger charge is 2.12. The lowest BCUT2D eigenvalue weighted by atomic mass is 9.87. The van der Waals surface area contributed by atoms with Gasteiger partial charge in [-0.15, -0.1) is 11.6 Å². The largest absolute Gasteiger partial charge is 0.356 e. The standard InChI is InChI=1S/C12H22ClNO/c13-9-4-7-12(15)14-10-8-11-5-2-1-3-6-11/h11H,1-10H2,(H,14,15). The molecule has 0 unspecified atom stereocenters. The number of halogens is 1. The molecular weight excluding hydrogens is 210 g/mol. The topological polar surface area (TPSA) is 29.1 Å². The van der Waals surface area contributed by atoms with Gasteiger partial charge in [0.1, 0.15) is 0 Å². The summed E-state index contributed by atoms with van der Waals surface area (Å²) >= 11 is 5.52. The van der Waals surface area contributed by atoms with Gasteiger partial charge in [-0.25, -0.2) is 0 Å². The zero-order chi connectivity index (χ0) is 10.9. The Labute approximate surface area is 97.8 Å². The molecule has 1 N–H and O–H groups in total. The van der Waals surface area contributed by atoms with Crippen molar-refractivity contribution < 1.29 is 4.79 Å². The second-order valence-electron chi connectivity index (χ2n) is 4.44. The van der Waals surface area contributed by atoms with E-state index in [4.69, 9.17) is 11.6 Å². The minimum atomic E-state index is 0.159. The quantitative estimate of drug-likeness (QED) is 0.700. The molecule has 0 heterocycles. The summed E-state index contributed by atoms with van der Waals surface area (Å²) < 4.78 is 0. The third-order valence-electron chi connectivity index (χ3n) is 3.14. The Balaban J connectivity index is 1.97. The molecule has 0 radical (unpaired) electrons. The summed E-state index contributed by atoms with van der Waals surface area (Å²) in [7, 11) is 0. The highest BCUT2D eigenvalue weighted by atomic mass is 35.5. The van der Waals surface area contributed by atoms with Gasteiger partial charge in [0.2, 0.25) is 5.91 Å². The molecule has 15 heavy (non-hydrogen) atoms. The average molecular weight is 232 g/mol. The van der Waals surface area contributed by atoms with Crippen LogP contribution in [-0.4, -0.2) is 18.3 Å². The summed E-state index contributed by atoms with van der Waals surface area (Å²) in [5.41, 5.74) is 0. The van der Waals surface area contributed by atoms with Crippen molar-refractivity contribution in [3.8, 4) is 0 Å². The fourth-order valence-electron chi connectivity index (χ4n) is 2.21. The molecule has 3 heteroatoms. The fraction of sp³-hybridized carbons (Fsp3) is 0.917.